The average molecular weight is 456 g/mol. The molecule has 5 rings (SSSR count). The van der Waals surface area contributed by atoms with Crippen LogP contribution in [0, 0.1) is 0 Å². The van der Waals surface area contributed by atoms with Crippen molar-refractivity contribution in [3.63, 3.8) is 0 Å². The van der Waals surface area contributed by atoms with Crippen molar-refractivity contribution in [2.45, 2.75) is 25.2 Å². The van der Waals surface area contributed by atoms with Crippen LogP contribution in [-0.2, 0) is 11.2 Å². The van der Waals surface area contributed by atoms with Gasteiger partial charge >= 0.3 is 0 Å². The maximum atomic E-state index is 12.9. The number of nitrogens with one attached hydrogen (secondary N) is 2. The van der Waals surface area contributed by atoms with Crippen LogP contribution in [0.2, 0.25) is 5.02 Å². The van der Waals surface area contributed by atoms with Gasteiger partial charge in [-0.25, -0.2) is 4.98 Å². The van der Waals surface area contributed by atoms with E-state index in [1.165, 1.54) is 11.3 Å². The van der Waals surface area contributed by atoms with Gasteiger partial charge in [-0.2, -0.15) is 0 Å². The summed E-state index contributed by atoms with van der Waals surface area (Å²) in [5.41, 5.74) is 1.83. The number of aryl methyl sites for hydroxylation is 1. The van der Waals surface area contributed by atoms with Crippen LogP contribution in [0.5, 0.6) is 11.5 Å². The summed E-state index contributed by atoms with van der Waals surface area (Å²) in [5, 5.41) is 6.81. The van der Waals surface area contributed by atoms with Gasteiger partial charge in [0.25, 0.3) is 5.91 Å². The van der Waals surface area contributed by atoms with E-state index in [9.17, 15) is 9.59 Å². The van der Waals surface area contributed by atoms with Crippen LogP contribution in [0.15, 0.2) is 42.5 Å². The van der Waals surface area contributed by atoms with Crippen molar-refractivity contribution < 1.29 is 19.1 Å². The van der Waals surface area contributed by atoms with E-state index in [2.05, 4.69) is 15.6 Å². The first-order valence-corrected chi connectivity index (χ1v) is 11.0. The molecule has 1 aromatic heterocycles. The van der Waals surface area contributed by atoms with Crippen molar-refractivity contribution in [1.29, 1.82) is 0 Å². The Hall–Kier alpha value is -3.10. The second-order valence-electron chi connectivity index (χ2n) is 7.29. The zero-order valence-electron chi connectivity index (χ0n) is 16.3. The Morgan fingerprint density at radius 2 is 1.97 bits per heavy atom. The molecule has 1 unspecified atom stereocenters. The zero-order chi connectivity index (χ0) is 21.4. The average Bonchev–Trinajstić information content (AvgIpc) is 3.39. The first kappa shape index (κ1) is 19.8. The minimum absolute atomic E-state index is 0.123. The quantitative estimate of drug-likeness (QED) is 0.587. The molecule has 2 heterocycles. The molecule has 7 nitrogen and oxygen atoms in total. The molecule has 2 aromatic carbocycles. The number of carbonyl (C=O) groups excluding carboxylic acids is 2. The molecular formula is C22H18ClN3O4S. The first-order valence-electron chi connectivity index (χ1n) is 9.84. The molecule has 0 radical (unpaired) electrons. The Labute approximate surface area is 187 Å². The van der Waals surface area contributed by atoms with Crippen LogP contribution in [0.25, 0.3) is 0 Å². The number of hydrogen-bond donors (Lipinski definition) is 2. The van der Waals surface area contributed by atoms with Crippen LogP contribution < -0.4 is 20.1 Å². The fraction of sp³-hybridized carbons (Fsp3) is 0.227. The highest BCUT2D eigenvalue weighted by atomic mass is 35.5. The molecule has 1 aliphatic heterocycles. The number of aromatic nitrogens is 1. The number of amides is 2. The molecule has 31 heavy (non-hydrogen) atoms. The molecular weight excluding hydrogens is 438 g/mol. The van der Waals surface area contributed by atoms with Gasteiger partial charge in [0, 0.05) is 21.2 Å². The summed E-state index contributed by atoms with van der Waals surface area (Å²) in [7, 11) is 0. The van der Waals surface area contributed by atoms with E-state index in [-0.39, 0.29) is 24.5 Å². The van der Waals surface area contributed by atoms with Gasteiger partial charge < -0.3 is 14.8 Å². The van der Waals surface area contributed by atoms with Crippen molar-refractivity contribution in [1.82, 2.24) is 4.98 Å². The third-order valence-electron chi connectivity index (χ3n) is 5.22. The van der Waals surface area contributed by atoms with Crippen LogP contribution in [0.3, 0.4) is 0 Å². The monoisotopic (exact) mass is 455 g/mol. The third kappa shape index (κ3) is 4.08. The summed E-state index contributed by atoms with van der Waals surface area (Å²) in [6, 6.07) is 12.1. The van der Waals surface area contributed by atoms with Crippen molar-refractivity contribution in [3.05, 3.63) is 63.6 Å². The predicted molar refractivity (Wildman–Crippen MR) is 118 cm³/mol. The maximum absolute atomic E-state index is 12.9. The van der Waals surface area contributed by atoms with Gasteiger partial charge in [-0.15, -0.1) is 11.3 Å². The van der Waals surface area contributed by atoms with Crippen LogP contribution in [-0.4, -0.2) is 23.6 Å². The molecule has 0 saturated heterocycles. The van der Waals surface area contributed by atoms with Gasteiger partial charge in [0.2, 0.25) is 12.7 Å². The lowest BCUT2D eigenvalue weighted by Gasteiger charge is -2.20. The normalized spacial score (nSPS) is 16.5. The molecule has 158 valence electrons. The molecule has 0 spiro atoms. The van der Waals surface area contributed by atoms with Crippen LogP contribution in [0.1, 0.15) is 39.7 Å². The number of carbonyl (C=O) groups is 2. The van der Waals surface area contributed by atoms with Gasteiger partial charge in [-0.3, -0.25) is 14.9 Å². The number of fused-ring (bicyclic) bond motifs is 2. The van der Waals surface area contributed by atoms with E-state index in [0.717, 1.165) is 23.4 Å². The predicted octanol–water partition coefficient (Wildman–Crippen LogP) is 4.84. The van der Waals surface area contributed by atoms with E-state index in [1.807, 2.05) is 0 Å². The zero-order valence-corrected chi connectivity index (χ0v) is 17.9. The minimum atomic E-state index is -0.366. The molecule has 0 saturated carbocycles. The number of anilines is 2. The molecule has 2 N–H and O–H groups in total. The van der Waals surface area contributed by atoms with E-state index < -0.39 is 0 Å². The van der Waals surface area contributed by atoms with Crippen molar-refractivity contribution in [2.75, 3.05) is 17.4 Å². The summed E-state index contributed by atoms with van der Waals surface area (Å²) >= 11 is 7.43. The Morgan fingerprint density at radius 1 is 1.10 bits per heavy atom. The molecule has 0 fully saturated rings. The summed E-state index contributed by atoms with van der Waals surface area (Å²) in [6.45, 7) is 0.151. The van der Waals surface area contributed by atoms with Gasteiger partial charge in [-0.1, -0.05) is 17.7 Å². The standard InChI is InChI=1S/C22H18ClN3O4S/c23-13-3-1-4-14(10-13)24-21(28)15-5-2-6-18-19(15)25-22(31-18)26-20(27)12-7-8-16-17(9-12)30-11-29-16/h1,3-4,7-10,15H,2,5-6,11H2,(H,24,28)(H,25,26,27). The summed E-state index contributed by atoms with van der Waals surface area (Å²) in [6.07, 6.45) is 2.44. The van der Waals surface area contributed by atoms with Crippen LogP contribution in [0.4, 0.5) is 10.8 Å². The Bertz CT molecular complexity index is 1180. The van der Waals surface area contributed by atoms with E-state index in [0.29, 0.717) is 39.3 Å². The lowest BCUT2D eigenvalue weighted by molar-refractivity contribution is -0.117. The Balaban J connectivity index is 1.32. The number of nitrogens with zero attached hydrogens (tertiary/aromatic N) is 1. The van der Waals surface area contributed by atoms with Crippen molar-refractivity contribution in [2.24, 2.45) is 0 Å². The number of benzene rings is 2. The van der Waals surface area contributed by atoms with Crippen molar-refractivity contribution in [3.8, 4) is 11.5 Å². The van der Waals surface area contributed by atoms with Gasteiger partial charge in [0.05, 0.1) is 11.6 Å². The second kappa shape index (κ2) is 8.20. The van der Waals surface area contributed by atoms with Gasteiger partial charge in [0.1, 0.15) is 0 Å². The fourth-order valence-electron chi connectivity index (χ4n) is 3.73. The van der Waals surface area contributed by atoms with Gasteiger partial charge in [-0.05, 0) is 55.7 Å². The Morgan fingerprint density at radius 3 is 2.84 bits per heavy atom. The molecule has 2 aliphatic rings. The summed E-state index contributed by atoms with van der Waals surface area (Å²) in [5.74, 6) is 0.389. The topological polar surface area (TPSA) is 89.6 Å². The number of rotatable bonds is 4. The Kier molecular flexibility index (Phi) is 5.25. The first-order chi connectivity index (χ1) is 15.1. The third-order valence-corrected chi connectivity index (χ3v) is 6.50. The maximum Gasteiger partial charge on any atom is 0.257 e. The number of halogens is 1. The highest BCUT2D eigenvalue weighted by Crippen LogP contribution is 2.38. The minimum Gasteiger partial charge on any atom is -0.454 e. The number of ether oxygens (including phenoxy) is 2. The summed E-state index contributed by atoms with van der Waals surface area (Å²) < 4.78 is 10.6. The second-order valence-corrected chi connectivity index (χ2v) is 8.81. The molecule has 0 bridgehead atoms. The lowest BCUT2D eigenvalue weighted by atomic mass is 9.90. The van der Waals surface area contributed by atoms with Crippen LogP contribution >= 0.6 is 22.9 Å². The number of thiazole rings is 1. The largest absolute Gasteiger partial charge is 0.454 e. The van der Waals surface area contributed by atoms with Gasteiger partial charge in [0.15, 0.2) is 16.6 Å². The van der Waals surface area contributed by atoms with E-state index in [1.54, 1.807) is 42.5 Å². The molecule has 1 atom stereocenters. The molecule has 3 aromatic rings. The molecule has 9 heteroatoms. The van der Waals surface area contributed by atoms with Crippen molar-refractivity contribution >= 4 is 45.6 Å². The van der Waals surface area contributed by atoms with E-state index >= 15 is 0 Å². The molecule has 2 amide bonds. The lowest BCUT2D eigenvalue weighted by Crippen LogP contribution is -2.24. The smallest absolute Gasteiger partial charge is 0.257 e. The highest BCUT2D eigenvalue weighted by Gasteiger charge is 2.31. The van der Waals surface area contributed by atoms with E-state index in [4.69, 9.17) is 21.1 Å². The number of hydrogen-bond acceptors (Lipinski definition) is 6. The molecule has 1 aliphatic carbocycles. The summed E-state index contributed by atoms with van der Waals surface area (Å²) in [4.78, 5) is 31.2. The fourth-order valence-corrected chi connectivity index (χ4v) is 4.98. The SMILES string of the molecule is O=C(Nc1nc2c(s1)CCCC2C(=O)Nc1cccc(Cl)c1)c1ccc2c(c1)OCO2. The highest BCUT2D eigenvalue weighted by molar-refractivity contribution is 7.16.